The van der Waals surface area contributed by atoms with Crippen LogP contribution in [0.4, 0.5) is 14.5 Å². The van der Waals surface area contributed by atoms with Gasteiger partial charge in [-0.15, -0.1) is 0 Å². The Morgan fingerprint density at radius 1 is 0.758 bits per heavy atom. The molecule has 3 aromatic carbocycles. The van der Waals surface area contributed by atoms with Crippen LogP contribution in [0.2, 0.25) is 0 Å². The molecule has 2 N–H and O–H groups in total. The molecule has 4 aromatic rings. The molecule has 0 aliphatic carbocycles. The van der Waals surface area contributed by atoms with Crippen LogP contribution < -0.4 is 15.2 Å². The highest BCUT2D eigenvalue weighted by molar-refractivity contribution is 7.90. The van der Waals surface area contributed by atoms with Gasteiger partial charge in [0.1, 0.15) is 17.2 Å². The van der Waals surface area contributed by atoms with Crippen LogP contribution in [0.1, 0.15) is 0 Å². The van der Waals surface area contributed by atoms with Gasteiger partial charge in [-0.1, -0.05) is 6.07 Å². The summed E-state index contributed by atoms with van der Waals surface area (Å²) in [4.78, 5) is 4.28. The third-order valence-corrected chi connectivity index (χ3v) is 5.79. The van der Waals surface area contributed by atoms with E-state index in [0.29, 0.717) is 39.8 Å². The Labute approximate surface area is 189 Å². The molecule has 1 heterocycles. The quantitative estimate of drug-likeness (QED) is 0.371. The van der Waals surface area contributed by atoms with E-state index in [-0.39, 0.29) is 4.90 Å². The monoisotopic (exact) mass is 468 g/mol. The second-order valence-corrected chi connectivity index (χ2v) is 9.20. The van der Waals surface area contributed by atoms with Crippen LogP contribution >= 0.6 is 0 Å². The molecule has 168 valence electrons. The largest absolute Gasteiger partial charge is 0.456 e. The molecule has 0 saturated heterocycles. The van der Waals surface area contributed by atoms with Gasteiger partial charge in [-0.3, -0.25) is 4.98 Å². The maximum absolute atomic E-state index is 13.5. The van der Waals surface area contributed by atoms with Gasteiger partial charge in [-0.05, 0) is 60.2 Å². The zero-order valence-electron chi connectivity index (χ0n) is 17.3. The first kappa shape index (κ1) is 22.2. The summed E-state index contributed by atoms with van der Waals surface area (Å²) in [6.07, 6.45) is 4.12. The lowest BCUT2D eigenvalue weighted by molar-refractivity contribution is 0.470. The first-order chi connectivity index (χ1) is 15.7. The molecule has 0 saturated carbocycles. The van der Waals surface area contributed by atoms with Gasteiger partial charge in [0.25, 0.3) is 0 Å². The Hall–Kier alpha value is -3.98. The summed E-state index contributed by atoms with van der Waals surface area (Å²) in [7, 11) is -3.30. The van der Waals surface area contributed by atoms with Crippen molar-refractivity contribution >= 4 is 15.5 Å². The predicted molar refractivity (Wildman–Crippen MR) is 120 cm³/mol. The summed E-state index contributed by atoms with van der Waals surface area (Å²) in [5.41, 5.74) is 7.38. The topological polar surface area (TPSA) is 91.5 Å². The molecular weight excluding hydrogens is 450 g/mol. The minimum atomic E-state index is -3.30. The fourth-order valence-electron chi connectivity index (χ4n) is 3.01. The Morgan fingerprint density at radius 3 is 2.15 bits per heavy atom. The standard InChI is InChI=1S/C24H18F2N2O4S/c1-33(29,30)20-6-3-17(4-7-20)32-24-9-5-18(12-23(24)27)31-19-10-16(13-28-14-19)15-2-8-21(25)22(26)11-15/h2-14H,27H2,1H3. The Bertz CT molecular complexity index is 1430. The van der Waals surface area contributed by atoms with Crippen molar-refractivity contribution in [2.45, 2.75) is 4.90 Å². The average molecular weight is 468 g/mol. The van der Waals surface area contributed by atoms with Crippen molar-refractivity contribution in [3.63, 3.8) is 0 Å². The highest BCUT2D eigenvalue weighted by atomic mass is 32.2. The Balaban J connectivity index is 1.50. The first-order valence-electron chi connectivity index (χ1n) is 9.65. The van der Waals surface area contributed by atoms with Gasteiger partial charge in [-0.2, -0.15) is 0 Å². The summed E-state index contributed by atoms with van der Waals surface area (Å²) in [5.74, 6) is -0.302. The molecule has 0 amide bonds. The molecular formula is C24H18F2N2O4S. The number of halogens is 2. The number of ether oxygens (including phenoxy) is 2. The summed E-state index contributed by atoms with van der Waals surface area (Å²) >= 11 is 0. The van der Waals surface area contributed by atoms with Crippen molar-refractivity contribution in [1.82, 2.24) is 4.98 Å². The van der Waals surface area contributed by atoms with E-state index >= 15 is 0 Å². The molecule has 0 aliphatic rings. The van der Waals surface area contributed by atoms with Crippen LogP contribution in [-0.2, 0) is 9.84 Å². The minimum absolute atomic E-state index is 0.186. The Morgan fingerprint density at radius 2 is 1.48 bits per heavy atom. The van der Waals surface area contributed by atoms with Crippen molar-refractivity contribution in [3.8, 4) is 34.1 Å². The lowest BCUT2D eigenvalue weighted by Crippen LogP contribution is -1.97. The maximum Gasteiger partial charge on any atom is 0.175 e. The van der Waals surface area contributed by atoms with Crippen molar-refractivity contribution in [2.75, 3.05) is 12.0 Å². The summed E-state index contributed by atoms with van der Waals surface area (Å²) in [5, 5.41) is 0. The Kier molecular flexibility index (Phi) is 5.97. The van der Waals surface area contributed by atoms with Crippen molar-refractivity contribution in [3.05, 3.63) is 90.8 Å². The molecule has 4 rings (SSSR count). The van der Waals surface area contributed by atoms with Gasteiger partial charge in [0.2, 0.25) is 0 Å². The molecule has 0 fully saturated rings. The van der Waals surface area contributed by atoms with E-state index in [1.165, 1.54) is 42.7 Å². The molecule has 0 bridgehead atoms. The van der Waals surface area contributed by atoms with Crippen LogP contribution in [0.5, 0.6) is 23.0 Å². The molecule has 0 radical (unpaired) electrons. The van der Waals surface area contributed by atoms with E-state index < -0.39 is 21.5 Å². The van der Waals surface area contributed by atoms with Gasteiger partial charge < -0.3 is 15.2 Å². The number of anilines is 1. The predicted octanol–water partition coefficient (Wildman–Crippen LogP) is 5.60. The number of hydrogen-bond donors (Lipinski definition) is 1. The average Bonchev–Trinajstić information content (AvgIpc) is 2.77. The molecule has 0 aliphatic heterocycles. The molecule has 9 heteroatoms. The third kappa shape index (κ3) is 5.27. The van der Waals surface area contributed by atoms with Crippen LogP contribution in [0.15, 0.2) is 84.0 Å². The summed E-state index contributed by atoms with van der Waals surface area (Å²) < 4.78 is 61.4. The normalized spacial score (nSPS) is 11.2. The van der Waals surface area contributed by atoms with Gasteiger partial charge in [0.15, 0.2) is 27.2 Å². The van der Waals surface area contributed by atoms with Crippen LogP contribution in [0.3, 0.4) is 0 Å². The fraction of sp³-hybridized carbons (Fsp3) is 0.0417. The molecule has 1 aromatic heterocycles. The number of nitrogen functional groups attached to an aromatic ring is 1. The zero-order valence-corrected chi connectivity index (χ0v) is 18.1. The number of aromatic nitrogens is 1. The molecule has 6 nitrogen and oxygen atoms in total. The van der Waals surface area contributed by atoms with E-state index in [4.69, 9.17) is 15.2 Å². The van der Waals surface area contributed by atoms with Crippen molar-refractivity contribution in [1.29, 1.82) is 0 Å². The second kappa shape index (κ2) is 8.87. The number of sulfone groups is 1. The first-order valence-corrected chi connectivity index (χ1v) is 11.5. The van der Waals surface area contributed by atoms with Crippen LogP contribution in [0, 0.1) is 11.6 Å². The number of rotatable bonds is 6. The van der Waals surface area contributed by atoms with E-state index in [1.807, 2.05) is 0 Å². The second-order valence-electron chi connectivity index (χ2n) is 7.19. The number of benzene rings is 3. The molecule has 0 atom stereocenters. The van der Waals surface area contributed by atoms with E-state index in [0.717, 1.165) is 18.4 Å². The highest BCUT2D eigenvalue weighted by Crippen LogP contribution is 2.33. The van der Waals surface area contributed by atoms with Gasteiger partial charge in [0.05, 0.1) is 16.8 Å². The van der Waals surface area contributed by atoms with E-state index in [9.17, 15) is 17.2 Å². The molecule has 0 spiro atoms. The number of pyridine rings is 1. The number of nitrogens with zero attached hydrogens (tertiary/aromatic N) is 1. The van der Waals surface area contributed by atoms with Crippen molar-refractivity contribution in [2.24, 2.45) is 0 Å². The lowest BCUT2D eigenvalue weighted by Gasteiger charge is -2.12. The summed E-state index contributed by atoms with van der Waals surface area (Å²) in [6.45, 7) is 0. The van der Waals surface area contributed by atoms with Crippen molar-refractivity contribution < 1.29 is 26.7 Å². The SMILES string of the molecule is CS(=O)(=O)c1ccc(Oc2ccc(Oc3cncc(-c4ccc(F)c(F)c4)c3)cc2N)cc1. The third-order valence-electron chi connectivity index (χ3n) is 4.66. The highest BCUT2D eigenvalue weighted by Gasteiger charge is 2.10. The molecule has 0 unspecified atom stereocenters. The molecule has 33 heavy (non-hydrogen) atoms. The fourth-order valence-corrected chi connectivity index (χ4v) is 3.64. The van der Waals surface area contributed by atoms with Crippen LogP contribution in [0.25, 0.3) is 11.1 Å². The number of nitrogens with two attached hydrogens (primary N) is 1. The van der Waals surface area contributed by atoms with Crippen LogP contribution in [-0.4, -0.2) is 19.7 Å². The van der Waals surface area contributed by atoms with Gasteiger partial charge in [0, 0.05) is 24.1 Å². The smallest absolute Gasteiger partial charge is 0.175 e. The minimum Gasteiger partial charge on any atom is -0.456 e. The van der Waals surface area contributed by atoms with Gasteiger partial charge in [-0.25, -0.2) is 17.2 Å². The number of hydrogen-bond acceptors (Lipinski definition) is 6. The van der Waals surface area contributed by atoms with Gasteiger partial charge >= 0.3 is 0 Å². The zero-order chi connectivity index (χ0) is 23.6. The maximum atomic E-state index is 13.5. The summed E-state index contributed by atoms with van der Waals surface area (Å²) in [6, 6.07) is 16.0. The lowest BCUT2D eigenvalue weighted by atomic mass is 10.1. The van der Waals surface area contributed by atoms with E-state index in [2.05, 4.69) is 4.98 Å². The van der Waals surface area contributed by atoms with E-state index in [1.54, 1.807) is 24.3 Å².